The van der Waals surface area contributed by atoms with Crippen LogP contribution in [-0.2, 0) is 18.4 Å². The number of hydrogen-bond donors (Lipinski definition) is 1. The molecule has 28 heavy (non-hydrogen) atoms. The van der Waals surface area contributed by atoms with Crippen LogP contribution in [-0.4, -0.2) is 31.9 Å². The maximum absolute atomic E-state index is 12.6. The number of carbonyl (C=O) groups is 1. The molecule has 0 aliphatic heterocycles. The fraction of sp³-hybridized carbons (Fsp3) is 0.250. The maximum atomic E-state index is 12.6. The Morgan fingerprint density at radius 3 is 2.89 bits per heavy atom. The Morgan fingerprint density at radius 1 is 1.43 bits per heavy atom. The van der Waals surface area contributed by atoms with Crippen LogP contribution in [0, 0.1) is 0 Å². The molecule has 148 valence electrons. The highest BCUT2D eigenvalue weighted by atomic mass is 79.9. The van der Waals surface area contributed by atoms with E-state index in [0.29, 0.717) is 11.0 Å². The molecule has 0 aliphatic carbocycles. The molecule has 0 unspecified atom stereocenters. The second-order valence-corrected chi connectivity index (χ2v) is 6.98. The molecule has 3 rings (SSSR count). The normalized spacial score (nSPS) is 11.2. The summed E-state index contributed by atoms with van der Waals surface area (Å²) in [4.78, 5) is 28.8. The third kappa shape index (κ3) is 4.30. The number of nitrogens with one attached hydrogen (secondary N) is 1. The number of hydrogen-bond acceptors (Lipinski definition) is 5. The molecular weight excluding hydrogens is 464 g/mol. The molecule has 8 nitrogen and oxygen atoms in total. The minimum absolute atomic E-state index is 0.0159. The van der Waals surface area contributed by atoms with Crippen LogP contribution in [0.25, 0.3) is 11.0 Å². The van der Waals surface area contributed by atoms with Crippen LogP contribution in [0.3, 0.4) is 0 Å². The lowest BCUT2D eigenvalue weighted by atomic mass is 10.2. The molecule has 3 aromatic rings. The summed E-state index contributed by atoms with van der Waals surface area (Å²) in [6.45, 7) is -3.04. The first kappa shape index (κ1) is 20.2. The first-order chi connectivity index (χ1) is 13.3. The first-order valence-electron chi connectivity index (χ1n) is 7.87. The number of alkyl halides is 2. The van der Waals surface area contributed by atoms with Crippen LogP contribution in [0.5, 0.6) is 5.75 Å². The molecule has 1 aromatic carbocycles. The van der Waals surface area contributed by atoms with Crippen molar-refractivity contribution < 1.29 is 18.3 Å². The van der Waals surface area contributed by atoms with E-state index in [4.69, 9.17) is 11.6 Å². The molecule has 1 N–H and O–H groups in total. The fourth-order valence-corrected chi connectivity index (χ4v) is 3.43. The van der Waals surface area contributed by atoms with Crippen LogP contribution >= 0.6 is 27.5 Å². The van der Waals surface area contributed by atoms with Gasteiger partial charge in [-0.15, -0.1) is 0 Å². The molecule has 0 saturated carbocycles. The van der Waals surface area contributed by atoms with Crippen molar-refractivity contribution in [3.8, 4) is 5.75 Å². The van der Waals surface area contributed by atoms with Crippen LogP contribution in [0.15, 0.2) is 33.9 Å². The molecule has 0 saturated heterocycles. The van der Waals surface area contributed by atoms with E-state index in [1.165, 1.54) is 33.9 Å². The lowest BCUT2D eigenvalue weighted by Crippen LogP contribution is -2.23. The largest absolute Gasteiger partial charge is 0.431 e. The second-order valence-electron chi connectivity index (χ2n) is 5.69. The Bertz CT molecular complexity index is 1100. The number of rotatable bonds is 6. The van der Waals surface area contributed by atoms with Crippen molar-refractivity contribution in [2.45, 2.75) is 19.6 Å². The van der Waals surface area contributed by atoms with Crippen molar-refractivity contribution in [2.75, 3.05) is 5.32 Å². The van der Waals surface area contributed by atoms with E-state index in [9.17, 15) is 18.4 Å². The van der Waals surface area contributed by atoms with E-state index < -0.39 is 12.5 Å². The van der Waals surface area contributed by atoms with Gasteiger partial charge in [0.15, 0.2) is 11.4 Å². The van der Waals surface area contributed by atoms with Crippen molar-refractivity contribution >= 4 is 50.2 Å². The van der Waals surface area contributed by atoms with Gasteiger partial charge in [0.25, 0.3) is 5.56 Å². The first-order valence-corrected chi connectivity index (χ1v) is 9.04. The van der Waals surface area contributed by atoms with Gasteiger partial charge in [0.2, 0.25) is 5.91 Å². The molecule has 12 heteroatoms. The number of fused-ring (bicyclic) bond motifs is 1. The predicted molar refractivity (Wildman–Crippen MR) is 102 cm³/mol. The van der Waals surface area contributed by atoms with E-state index in [-0.39, 0.29) is 39.5 Å². The van der Waals surface area contributed by atoms with Gasteiger partial charge in [-0.3, -0.25) is 18.8 Å². The van der Waals surface area contributed by atoms with Crippen LogP contribution in [0.4, 0.5) is 14.5 Å². The Labute approximate surface area is 170 Å². The van der Waals surface area contributed by atoms with Crippen molar-refractivity contribution in [2.24, 2.45) is 7.05 Å². The Kier molecular flexibility index (Phi) is 5.94. The summed E-state index contributed by atoms with van der Waals surface area (Å²) in [6, 6.07) is 2.65. The van der Waals surface area contributed by atoms with Gasteiger partial charge in [0.1, 0.15) is 5.39 Å². The Hall–Kier alpha value is -2.53. The van der Waals surface area contributed by atoms with E-state index in [1.807, 2.05) is 0 Å². The lowest BCUT2D eigenvalue weighted by molar-refractivity contribution is -0.116. The van der Waals surface area contributed by atoms with Gasteiger partial charge < -0.3 is 10.1 Å². The number of aromatic nitrogens is 4. The highest BCUT2D eigenvalue weighted by Gasteiger charge is 2.17. The Morgan fingerprint density at radius 2 is 2.18 bits per heavy atom. The number of amides is 1. The van der Waals surface area contributed by atoms with Crippen molar-refractivity contribution in [3.05, 3.63) is 44.5 Å². The van der Waals surface area contributed by atoms with E-state index in [2.05, 4.69) is 36.1 Å². The standard InChI is InChI=1S/C16H13BrClF2N5O3/c1-24-14-9(6-22-24)15(27)25(7-21-14)3-2-12(26)23-11-5-8(18)4-10(17)13(11)28-16(19)20/h4-7,16H,2-3H2,1H3,(H,23,26). The lowest BCUT2D eigenvalue weighted by Gasteiger charge is -2.14. The number of aryl methyl sites for hydroxylation is 2. The maximum Gasteiger partial charge on any atom is 0.387 e. The zero-order valence-electron chi connectivity index (χ0n) is 14.3. The molecule has 0 aliphatic rings. The molecule has 0 spiro atoms. The predicted octanol–water partition coefficient (Wildman–Crippen LogP) is 3.18. The number of nitrogens with zero attached hydrogens (tertiary/aromatic N) is 4. The average molecular weight is 477 g/mol. The third-order valence-electron chi connectivity index (χ3n) is 3.79. The average Bonchev–Trinajstić information content (AvgIpc) is 2.99. The number of anilines is 1. The zero-order chi connectivity index (χ0) is 20.4. The smallest absolute Gasteiger partial charge is 0.387 e. The van der Waals surface area contributed by atoms with Crippen molar-refractivity contribution in [1.29, 1.82) is 0 Å². The highest BCUT2D eigenvalue weighted by Crippen LogP contribution is 2.37. The van der Waals surface area contributed by atoms with Gasteiger partial charge in [-0.05, 0) is 28.1 Å². The Balaban J connectivity index is 1.75. The molecule has 0 atom stereocenters. The summed E-state index contributed by atoms with van der Waals surface area (Å²) < 4.78 is 32.6. The van der Waals surface area contributed by atoms with Gasteiger partial charge >= 0.3 is 6.61 Å². The SMILES string of the molecule is Cn1ncc2c(=O)n(CCC(=O)Nc3cc(Cl)cc(Br)c3OC(F)F)cnc21. The van der Waals surface area contributed by atoms with Gasteiger partial charge in [-0.25, -0.2) is 4.98 Å². The van der Waals surface area contributed by atoms with Gasteiger partial charge in [0.05, 0.1) is 22.7 Å². The van der Waals surface area contributed by atoms with E-state index in [1.54, 1.807) is 7.05 Å². The molecule has 2 heterocycles. The monoisotopic (exact) mass is 475 g/mol. The number of carbonyl (C=O) groups excluding carboxylic acids is 1. The highest BCUT2D eigenvalue weighted by molar-refractivity contribution is 9.10. The van der Waals surface area contributed by atoms with Gasteiger partial charge in [-0.2, -0.15) is 13.9 Å². The molecule has 0 fully saturated rings. The fourth-order valence-electron chi connectivity index (χ4n) is 2.52. The summed E-state index contributed by atoms with van der Waals surface area (Å²) in [7, 11) is 1.66. The third-order valence-corrected chi connectivity index (χ3v) is 4.59. The van der Waals surface area contributed by atoms with Crippen LogP contribution < -0.4 is 15.6 Å². The van der Waals surface area contributed by atoms with Crippen LogP contribution in [0.2, 0.25) is 5.02 Å². The zero-order valence-corrected chi connectivity index (χ0v) is 16.7. The number of benzene rings is 1. The topological polar surface area (TPSA) is 91.0 Å². The minimum Gasteiger partial charge on any atom is -0.431 e. The molecule has 1 amide bonds. The van der Waals surface area contributed by atoms with Crippen molar-refractivity contribution in [3.63, 3.8) is 0 Å². The molecule has 0 radical (unpaired) electrons. The summed E-state index contributed by atoms with van der Waals surface area (Å²) >= 11 is 8.98. The van der Waals surface area contributed by atoms with Gasteiger partial charge in [0, 0.05) is 25.0 Å². The minimum atomic E-state index is -3.08. The number of ether oxygens (including phenoxy) is 1. The molecule has 2 aromatic heterocycles. The molecule has 0 bridgehead atoms. The summed E-state index contributed by atoms with van der Waals surface area (Å²) in [5, 5.41) is 6.98. The summed E-state index contributed by atoms with van der Waals surface area (Å²) in [5.74, 6) is -0.769. The van der Waals surface area contributed by atoms with Crippen LogP contribution in [0.1, 0.15) is 6.42 Å². The van der Waals surface area contributed by atoms with Gasteiger partial charge in [-0.1, -0.05) is 11.6 Å². The summed E-state index contributed by atoms with van der Waals surface area (Å²) in [6.07, 6.45) is 2.62. The van der Waals surface area contributed by atoms with Crippen molar-refractivity contribution in [1.82, 2.24) is 19.3 Å². The summed E-state index contributed by atoms with van der Waals surface area (Å²) in [5.41, 5.74) is 0.0826. The van der Waals surface area contributed by atoms with E-state index >= 15 is 0 Å². The quantitative estimate of drug-likeness (QED) is 0.590. The molecular formula is C16H13BrClF2N5O3. The number of halogens is 4. The second kappa shape index (κ2) is 8.23. The van der Waals surface area contributed by atoms with E-state index in [0.717, 1.165) is 0 Å².